The van der Waals surface area contributed by atoms with E-state index in [1.807, 2.05) is 0 Å². The largest absolute Gasteiger partial charge is 0.454 e. The van der Waals surface area contributed by atoms with Gasteiger partial charge in [-0.15, -0.1) is 0 Å². The highest BCUT2D eigenvalue weighted by Gasteiger charge is 2.40. The smallest absolute Gasteiger partial charge is 0.284 e. The lowest BCUT2D eigenvalue weighted by atomic mass is 9.96. The van der Waals surface area contributed by atoms with Crippen LogP contribution in [-0.4, -0.2) is 12.0 Å². The molecule has 0 unspecified atom stereocenters. The highest BCUT2D eigenvalue weighted by molar-refractivity contribution is 6.01. The van der Waals surface area contributed by atoms with Crippen LogP contribution in [0.5, 0.6) is 0 Å². The Bertz CT molecular complexity index is 405. The van der Waals surface area contributed by atoms with Crippen LogP contribution in [0.1, 0.15) is 27.0 Å². The highest BCUT2D eigenvalue weighted by Crippen LogP contribution is 2.25. The average Bonchev–Trinajstić information content (AvgIpc) is 2.12. The molecule has 0 amide bonds. The molecule has 1 rings (SSSR count). The lowest BCUT2D eigenvalue weighted by Gasteiger charge is -2.11. The van der Waals surface area contributed by atoms with Crippen molar-refractivity contribution in [3.8, 4) is 0 Å². The SMILES string of the molecule is Cc1ccc(C(=O)C(F)(F)F)c(C)c1C. The zero-order valence-electron chi connectivity index (χ0n) is 8.70. The molecule has 82 valence electrons. The topological polar surface area (TPSA) is 17.1 Å². The standard InChI is InChI=1S/C11H11F3O/c1-6-4-5-9(8(3)7(6)2)10(15)11(12,13)14/h4-5H,1-3H3. The fourth-order valence-corrected chi connectivity index (χ4v) is 1.35. The molecule has 0 atom stereocenters. The maximum Gasteiger partial charge on any atom is 0.454 e. The summed E-state index contributed by atoms with van der Waals surface area (Å²) in [5.41, 5.74) is 1.75. The van der Waals surface area contributed by atoms with Gasteiger partial charge in [0.2, 0.25) is 0 Å². The maximum atomic E-state index is 12.2. The van der Waals surface area contributed by atoms with E-state index < -0.39 is 12.0 Å². The van der Waals surface area contributed by atoms with E-state index in [-0.39, 0.29) is 5.56 Å². The van der Waals surface area contributed by atoms with Crippen LogP contribution in [0.15, 0.2) is 12.1 Å². The van der Waals surface area contributed by atoms with Crippen LogP contribution in [-0.2, 0) is 0 Å². The number of benzene rings is 1. The van der Waals surface area contributed by atoms with Gasteiger partial charge < -0.3 is 0 Å². The average molecular weight is 216 g/mol. The maximum absolute atomic E-state index is 12.2. The fourth-order valence-electron chi connectivity index (χ4n) is 1.35. The normalized spacial score (nSPS) is 11.6. The molecule has 0 N–H and O–H groups in total. The second-order valence-corrected chi connectivity index (χ2v) is 3.51. The Morgan fingerprint density at radius 2 is 1.60 bits per heavy atom. The third kappa shape index (κ3) is 2.19. The molecule has 0 saturated carbocycles. The predicted octanol–water partition coefficient (Wildman–Crippen LogP) is 3.36. The van der Waals surface area contributed by atoms with E-state index in [2.05, 4.69) is 0 Å². The highest BCUT2D eigenvalue weighted by atomic mass is 19.4. The minimum absolute atomic E-state index is 0.259. The summed E-state index contributed by atoms with van der Waals surface area (Å²) in [6.07, 6.45) is -4.80. The molecular formula is C11H11F3O. The van der Waals surface area contributed by atoms with Gasteiger partial charge in [0.25, 0.3) is 5.78 Å². The second kappa shape index (κ2) is 3.68. The van der Waals surface area contributed by atoms with Crippen LogP contribution in [0.25, 0.3) is 0 Å². The summed E-state index contributed by atoms with van der Waals surface area (Å²) in [4.78, 5) is 11.0. The molecule has 0 saturated heterocycles. The summed E-state index contributed by atoms with van der Waals surface area (Å²) in [5, 5.41) is 0. The van der Waals surface area contributed by atoms with Crippen LogP contribution in [0.2, 0.25) is 0 Å². The zero-order chi connectivity index (χ0) is 11.8. The zero-order valence-corrected chi connectivity index (χ0v) is 8.70. The minimum Gasteiger partial charge on any atom is -0.284 e. The Balaban J connectivity index is 3.29. The van der Waals surface area contributed by atoms with Gasteiger partial charge in [-0.05, 0) is 37.5 Å². The van der Waals surface area contributed by atoms with Gasteiger partial charge in [0, 0.05) is 5.56 Å². The van der Waals surface area contributed by atoms with Crippen molar-refractivity contribution in [2.75, 3.05) is 0 Å². The number of rotatable bonds is 1. The van der Waals surface area contributed by atoms with Gasteiger partial charge in [-0.2, -0.15) is 13.2 Å². The first-order chi connectivity index (χ1) is 6.75. The molecule has 0 aromatic heterocycles. The van der Waals surface area contributed by atoms with E-state index in [1.165, 1.54) is 19.1 Å². The van der Waals surface area contributed by atoms with Gasteiger partial charge >= 0.3 is 6.18 Å². The van der Waals surface area contributed by atoms with Crippen molar-refractivity contribution in [2.24, 2.45) is 0 Å². The van der Waals surface area contributed by atoms with E-state index in [1.54, 1.807) is 13.8 Å². The molecule has 0 heterocycles. The first kappa shape index (κ1) is 11.8. The van der Waals surface area contributed by atoms with Crippen LogP contribution >= 0.6 is 0 Å². The summed E-state index contributed by atoms with van der Waals surface area (Å²) in [6.45, 7) is 5.03. The number of alkyl halides is 3. The summed E-state index contributed by atoms with van der Waals surface area (Å²) < 4.78 is 36.6. The number of halogens is 3. The van der Waals surface area contributed by atoms with Crippen LogP contribution in [0, 0.1) is 20.8 Å². The molecule has 0 aliphatic carbocycles. The molecule has 4 heteroatoms. The summed E-state index contributed by atoms with van der Waals surface area (Å²) >= 11 is 0. The molecule has 1 aromatic rings. The van der Waals surface area contributed by atoms with Crippen molar-refractivity contribution in [1.82, 2.24) is 0 Å². The molecule has 15 heavy (non-hydrogen) atoms. The number of aryl methyl sites for hydroxylation is 1. The molecule has 1 aromatic carbocycles. The van der Waals surface area contributed by atoms with Crippen molar-refractivity contribution in [1.29, 1.82) is 0 Å². The fraction of sp³-hybridized carbons (Fsp3) is 0.364. The molecule has 0 radical (unpaired) electrons. The lowest BCUT2D eigenvalue weighted by Crippen LogP contribution is -2.23. The third-order valence-electron chi connectivity index (χ3n) is 2.56. The number of Topliss-reactive ketones (excluding diaryl/α,β-unsaturated/α-hetero) is 1. The van der Waals surface area contributed by atoms with Crippen molar-refractivity contribution in [2.45, 2.75) is 26.9 Å². The molecule has 1 nitrogen and oxygen atoms in total. The van der Waals surface area contributed by atoms with Crippen LogP contribution in [0.4, 0.5) is 13.2 Å². The van der Waals surface area contributed by atoms with E-state index in [0.29, 0.717) is 5.56 Å². The first-order valence-corrected chi connectivity index (χ1v) is 4.43. The van der Waals surface area contributed by atoms with E-state index in [9.17, 15) is 18.0 Å². The van der Waals surface area contributed by atoms with E-state index in [0.717, 1.165) is 11.1 Å². The lowest BCUT2D eigenvalue weighted by molar-refractivity contribution is -0.0885. The molecule has 0 spiro atoms. The van der Waals surface area contributed by atoms with E-state index >= 15 is 0 Å². The predicted molar refractivity (Wildman–Crippen MR) is 51.0 cm³/mol. The monoisotopic (exact) mass is 216 g/mol. The Kier molecular flexibility index (Phi) is 2.88. The van der Waals surface area contributed by atoms with Gasteiger partial charge in [-0.3, -0.25) is 4.79 Å². The van der Waals surface area contributed by atoms with Crippen molar-refractivity contribution < 1.29 is 18.0 Å². The van der Waals surface area contributed by atoms with E-state index in [4.69, 9.17) is 0 Å². The van der Waals surface area contributed by atoms with Gasteiger partial charge in [0.1, 0.15) is 0 Å². The Labute approximate surface area is 85.9 Å². The number of hydrogen-bond acceptors (Lipinski definition) is 1. The molecule has 0 aliphatic heterocycles. The third-order valence-corrected chi connectivity index (χ3v) is 2.56. The number of hydrogen-bond donors (Lipinski definition) is 0. The van der Waals surface area contributed by atoms with Crippen molar-refractivity contribution >= 4 is 5.78 Å². The summed E-state index contributed by atoms with van der Waals surface area (Å²) in [7, 11) is 0. The Morgan fingerprint density at radius 3 is 2.07 bits per heavy atom. The molecule has 0 aliphatic rings. The van der Waals surface area contributed by atoms with Gasteiger partial charge in [-0.25, -0.2) is 0 Å². The van der Waals surface area contributed by atoms with Crippen molar-refractivity contribution in [3.05, 3.63) is 34.4 Å². The minimum atomic E-state index is -4.80. The number of ketones is 1. The first-order valence-electron chi connectivity index (χ1n) is 4.43. The molecule has 0 fully saturated rings. The van der Waals surface area contributed by atoms with Crippen molar-refractivity contribution in [3.63, 3.8) is 0 Å². The van der Waals surface area contributed by atoms with Gasteiger partial charge in [-0.1, -0.05) is 12.1 Å². The second-order valence-electron chi connectivity index (χ2n) is 3.51. The summed E-state index contributed by atoms with van der Waals surface area (Å²) in [6, 6.07) is 2.76. The van der Waals surface area contributed by atoms with Crippen LogP contribution < -0.4 is 0 Å². The summed E-state index contributed by atoms with van der Waals surface area (Å²) in [5.74, 6) is -1.77. The quantitative estimate of drug-likeness (QED) is 0.658. The molecule has 0 bridgehead atoms. The van der Waals surface area contributed by atoms with Gasteiger partial charge in [0.15, 0.2) is 0 Å². The molecular weight excluding hydrogens is 205 g/mol. The Morgan fingerprint density at radius 1 is 1.07 bits per heavy atom. The van der Waals surface area contributed by atoms with Crippen LogP contribution in [0.3, 0.4) is 0 Å². The number of carbonyl (C=O) groups excluding carboxylic acids is 1. The Hall–Kier alpha value is -1.32. The van der Waals surface area contributed by atoms with Gasteiger partial charge in [0.05, 0.1) is 0 Å². The number of carbonyl (C=O) groups is 1.